The lowest BCUT2D eigenvalue weighted by Crippen LogP contribution is -2.57. The summed E-state index contributed by atoms with van der Waals surface area (Å²) in [7, 11) is 0. The van der Waals surface area contributed by atoms with Crippen LogP contribution < -0.4 is 15.0 Å². The fourth-order valence-corrected chi connectivity index (χ4v) is 10.4. The summed E-state index contributed by atoms with van der Waals surface area (Å²) in [5.41, 5.74) is 1.17. The Kier molecular flexibility index (Phi) is 13.8. The van der Waals surface area contributed by atoms with Crippen LogP contribution in [-0.2, 0) is 16.0 Å². The number of rotatable bonds is 12. The molecule has 0 spiro atoms. The highest BCUT2D eigenvalue weighted by molar-refractivity contribution is 6.01. The third kappa shape index (κ3) is 10.7. The Hall–Kier alpha value is -4.82. The third-order valence-corrected chi connectivity index (χ3v) is 14.5. The van der Waals surface area contributed by atoms with Crippen molar-refractivity contribution in [3.05, 3.63) is 47.9 Å². The van der Waals surface area contributed by atoms with Crippen LogP contribution in [0.1, 0.15) is 106 Å². The van der Waals surface area contributed by atoms with Gasteiger partial charge in [-0.15, -0.1) is 0 Å². The molecule has 4 saturated heterocycles. The summed E-state index contributed by atoms with van der Waals surface area (Å²) < 4.78 is 29.4. The molecule has 2 amide bonds. The molecule has 0 radical (unpaired) electrons. The smallest absolute Gasteiger partial charge is 0.410 e. The van der Waals surface area contributed by atoms with E-state index in [1.54, 1.807) is 18.3 Å². The zero-order chi connectivity index (χ0) is 46.2. The molecule has 4 aliphatic heterocycles. The molecule has 14 heteroatoms. The number of piperazine rings is 1. The lowest BCUT2D eigenvalue weighted by molar-refractivity contribution is -0.123. The predicted molar refractivity (Wildman–Crippen MR) is 254 cm³/mol. The van der Waals surface area contributed by atoms with Gasteiger partial charge in [0.05, 0.1) is 24.0 Å². The number of anilines is 1. The van der Waals surface area contributed by atoms with Crippen LogP contribution in [0.15, 0.2) is 36.5 Å². The number of ether oxygens (including phenoxy) is 2. The number of aromatic hydroxyl groups is 1. The number of benzene rings is 2. The summed E-state index contributed by atoms with van der Waals surface area (Å²) >= 11 is 0. The first kappa shape index (κ1) is 46.7. The minimum Gasteiger partial charge on any atom is -0.508 e. The molecule has 4 aliphatic rings. The summed E-state index contributed by atoms with van der Waals surface area (Å²) in [5, 5.41) is 16.1. The molecule has 6 heterocycles. The van der Waals surface area contributed by atoms with Gasteiger partial charge in [0, 0.05) is 37.4 Å². The first-order chi connectivity index (χ1) is 30.9. The van der Waals surface area contributed by atoms with E-state index in [9.17, 15) is 14.7 Å². The van der Waals surface area contributed by atoms with Gasteiger partial charge < -0.3 is 24.8 Å². The topological polar surface area (TPSA) is 136 Å². The maximum absolute atomic E-state index is 17.2. The highest BCUT2D eigenvalue weighted by Gasteiger charge is 2.45. The van der Waals surface area contributed by atoms with Crippen LogP contribution in [0.4, 0.5) is 15.0 Å². The molecule has 65 heavy (non-hydrogen) atoms. The Morgan fingerprint density at radius 3 is 2.22 bits per heavy atom. The van der Waals surface area contributed by atoms with E-state index in [0.717, 1.165) is 87.5 Å². The van der Waals surface area contributed by atoms with Gasteiger partial charge in [0.2, 0.25) is 5.91 Å². The summed E-state index contributed by atoms with van der Waals surface area (Å²) in [6, 6.07) is 9.22. The predicted octanol–water partition coefficient (Wildman–Crippen LogP) is 8.58. The van der Waals surface area contributed by atoms with Crippen LogP contribution >= 0.6 is 0 Å². The Labute approximate surface area is 384 Å². The van der Waals surface area contributed by atoms with Crippen LogP contribution in [0, 0.1) is 23.1 Å². The molecule has 0 saturated carbocycles. The second kappa shape index (κ2) is 19.2. The fourth-order valence-electron chi connectivity index (χ4n) is 10.4. The highest BCUT2D eigenvalue weighted by Crippen LogP contribution is 2.40. The van der Waals surface area contributed by atoms with Gasteiger partial charge in [0.15, 0.2) is 5.82 Å². The number of hydrogen-bond acceptors (Lipinski definition) is 11. The number of aryl methyl sites for hydroxylation is 1. The maximum atomic E-state index is 17.2. The molecule has 4 fully saturated rings. The van der Waals surface area contributed by atoms with Crippen molar-refractivity contribution in [3.8, 4) is 23.0 Å². The number of piperidine rings is 2. The summed E-state index contributed by atoms with van der Waals surface area (Å²) in [5.74, 6) is 1.48. The number of hydrogen-bond donors (Lipinski definition) is 2. The molecule has 0 aliphatic carbocycles. The van der Waals surface area contributed by atoms with E-state index in [1.165, 1.54) is 6.42 Å². The van der Waals surface area contributed by atoms with Gasteiger partial charge in [0.1, 0.15) is 35.0 Å². The number of carbonyl (C=O) groups excluding carboxylic acids is 2. The zero-order valence-electron chi connectivity index (χ0n) is 40.0. The molecule has 4 aromatic rings. The minimum absolute atomic E-state index is 0.0291. The van der Waals surface area contributed by atoms with E-state index in [1.807, 2.05) is 43.9 Å². The zero-order valence-corrected chi connectivity index (χ0v) is 40.0. The molecule has 3 unspecified atom stereocenters. The fraction of sp³-hybridized carbons (Fsp3) is 0.627. The highest BCUT2D eigenvalue weighted by atomic mass is 19.1. The molecule has 8 rings (SSSR count). The van der Waals surface area contributed by atoms with Crippen molar-refractivity contribution in [1.29, 1.82) is 0 Å². The number of nitrogens with one attached hydrogen (secondary N) is 1. The molecule has 2 N–H and O–H groups in total. The Morgan fingerprint density at radius 2 is 1.58 bits per heavy atom. The molecule has 3 atom stereocenters. The standard InChI is InChI=1S/C51H71FN8O5/c1-9-35-11-10-12-36-26-39(61)27-40(43(35)36)45-44(52)46-41(28-53-45)47(59-29-37-13-14-38(30-59)60(37)49(63)65-51(6,7)8)56-48(55-46)64-24-23-57-19-15-33(16-20-57)25-34-17-21-58(22-18-34)31-42(62)54-32(2)50(3,4)5/h10-12,26-28,32-34,37-38,61H,9,13-25,29-31H2,1-8H3,(H,54,62). The van der Waals surface area contributed by atoms with Gasteiger partial charge in [-0.05, 0) is 151 Å². The third-order valence-electron chi connectivity index (χ3n) is 14.5. The quantitative estimate of drug-likeness (QED) is 0.142. The number of aromatic nitrogens is 3. The first-order valence-electron chi connectivity index (χ1n) is 24.2. The molecule has 2 aromatic carbocycles. The number of fused-ring (bicyclic) bond motifs is 4. The largest absolute Gasteiger partial charge is 0.508 e. The number of pyridine rings is 1. The monoisotopic (exact) mass is 895 g/mol. The van der Waals surface area contributed by atoms with Crippen LogP contribution in [0.3, 0.4) is 0 Å². The van der Waals surface area contributed by atoms with Crippen LogP contribution in [0.25, 0.3) is 32.9 Å². The van der Waals surface area contributed by atoms with Crippen molar-refractivity contribution in [3.63, 3.8) is 0 Å². The number of phenolic OH excluding ortho intramolecular Hbond substituents is 1. The summed E-state index contributed by atoms with van der Waals surface area (Å²) in [6.45, 7) is 22.7. The number of amides is 2. The average molecular weight is 895 g/mol. The van der Waals surface area contributed by atoms with E-state index in [4.69, 9.17) is 24.4 Å². The number of nitrogens with zero attached hydrogens (tertiary/aromatic N) is 7. The van der Waals surface area contributed by atoms with Gasteiger partial charge in [-0.3, -0.25) is 24.5 Å². The molecule has 352 valence electrons. The lowest BCUT2D eigenvalue weighted by atomic mass is 9.83. The number of carbonyl (C=O) groups is 2. The molecular weight excluding hydrogens is 824 g/mol. The molecular formula is C51H71FN8O5. The van der Waals surface area contributed by atoms with Gasteiger partial charge in [-0.25, -0.2) is 9.18 Å². The van der Waals surface area contributed by atoms with E-state index in [-0.39, 0.29) is 58.5 Å². The van der Waals surface area contributed by atoms with E-state index in [2.05, 4.69) is 54.6 Å². The van der Waals surface area contributed by atoms with Crippen molar-refractivity contribution in [2.24, 2.45) is 17.3 Å². The molecule has 13 nitrogen and oxygen atoms in total. The van der Waals surface area contributed by atoms with Crippen molar-refractivity contribution in [2.45, 2.75) is 130 Å². The van der Waals surface area contributed by atoms with Crippen molar-refractivity contribution < 1.29 is 28.6 Å². The van der Waals surface area contributed by atoms with Crippen LogP contribution in [-0.4, -0.2) is 129 Å². The van der Waals surface area contributed by atoms with Gasteiger partial charge >= 0.3 is 12.1 Å². The Balaban J connectivity index is 0.944. The Bertz CT molecular complexity index is 2340. The van der Waals surface area contributed by atoms with Gasteiger partial charge in [-0.1, -0.05) is 45.9 Å². The molecule has 2 bridgehead atoms. The SMILES string of the molecule is CCc1cccc2cc(O)cc(-c3ncc4c(N5CC6CCC(C5)N6C(=O)OC(C)(C)C)nc(OCCN5CCC(CC6CCN(CC(=O)NC(C)C(C)(C)C)CC6)CC5)nc4c3F)c12. The van der Waals surface area contributed by atoms with Crippen molar-refractivity contribution in [1.82, 2.24) is 35.0 Å². The van der Waals surface area contributed by atoms with Crippen molar-refractivity contribution in [2.75, 3.05) is 63.9 Å². The minimum atomic E-state index is -0.607. The normalized spacial score (nSPS) is 21.0. The summed E-state index contributed by atoms with van der Waals surface area (Å²) in [4.78, 5) is 49.2. The summed E-state index contributed by atoms with van der Waals surface area (Å²) in [6.07, 6.45) is 9.55. The second-order valence-electron chi connectivity index (χ2n) is 21.3. The van der Waals surface area contributed by atoms with Crippen molar-refractivity contribution >= 4 is 39.5 Å². The van der Waals surface area contributed by atoms with E-state index in [0.29, 0.717) is 61.4 Å². The van der Waals surface area contributed by atoms with E-state index >= 15 is 4.39 Å². The average Bonchev–Trinajstić information content (AvgIpc) is 3.52. The van der Waals surface area contributed by atoms with E-state index < -0.39 is 11.4 Å². The number of phenols is 1. The van der Waals surface area contributed by atoms with Gasteiger partial charge in [0.25, 0.3) is 0 Å². The van der Waals surface area contributed by atoms with Crippen LogP contribution in [0.2, 0.25) is 0 Å². The van der Waals surface area contributed by atoms with Crippen LogP contribution in [0.5, 0.6) is 11.8 Å². The number of likely N-dealkylation sites (tertiary alicyclic amines) is 2. The van der Waals surface area contributed by atoms with Gasteiger partial charge in [-0.2, -0.15) is 9.97 Å². The maximum Gasteiger partial charge on any atom is 0.410 e. The molecule has 2 aromatic heterocycles. The first-order valence-corrected chi connectivity index (χ1v) is 24.2. The number of halogens is 1. The second-order valence-corrected chi connectivity index (χ2v) is 21.3. The lowest BCUT2D eigenvalue weighted by Gasteiger charge is -2.42. The Morgan fingerprint density at radius 1 is 0.923 bits per heavy atom.